The normalized spacial score (nSPS) is 17.0. The van der Waals surface area contributed by atoms with Crippen LogP contribution in [0.3, 0.4) is 0 Å². The summed E-state index contributed by atoms with van der Waals surface area (Å²) in [5.74, 6) is -12.2. The molecule has 0 spiro atoms. The predicted octanol–water partition coefficient (Wildman–Crippen LogP) is 8.18. The average molecular weight is 931 g/mol. The molecule has 6 aromatic rings. The lowest BCUT2D eigenvalue weighted by Gasteiger charge is -2.36. The highest BCUT2D eigenvalue weighted by atomic mass is 32.1. The maximum Gasteiger partial charge on any atom is 0.290 e. The molecular formula is C43H35F9N8O4S. The van der Waals surface area contributed by atoms with Crippen LogP contribution in [0.1, 0.15) is 63.9 Å². The molecule has 1 unspecified atom stereocenters. The number of halogens is 9. The van der Waals surface area contributed by atoms with Gasteiger partial charge in [-0.05, 0) is 60.0 Å². The highest BCUT2D eigenvalue weighted by Crippen LogP contribution is 2.52. The van der Waals surface area contributed by atoms with Gasteiger partial charge in [0, 0.05) is 62.4 Å². The lowest BCUT2D eigenvalue weighted by molar-refractivity contribution is -0.123. The number of hydrogen-bond acceptors (Lipinski definition) is 10. The van der Waals surface area contributed by atoms with Crippen molar-refractivity contribution in [2.45, 2.75) is 50.1 Å². The SMILES string of the molecule is NC(=O)c1cc(-c2cc3sc(N4CCN(c5ccc6c(c5)OCCO6)CC4)nc3nc2C(Cc2cc(F)cc(F)c2)NC(=O)Cn2nc(C(F)F)c3c2C(F)(F)CCC3(F)F)ccc1F. The molecule has 22 heteroatoms. The van der Waals surface area contributed by atoms with E-state index in [4.69, 9.17) is 25.2 Å². The summed E-state index contributed by atoms with van der Waals surface area (Å²) in [5, 5.41) is 6.45. The monoisotopic (exact) mass is 930 g/mol. The third-order valence-corrected chi connectivity index (χ3v) is 12.4. The molecule has 1 fully saturated rings. The number of rotatable bonds is 11. The van der Waals surface area contributed by atoms with E-state index in [2.05, 4.69) is 15.3 Å². The van der Waals surface area contributed by atoms with E-state index in [9.17, 15) is 40.3 Å². The summed E-state index contributed by atoms with van der Waals surface area (Å²) >= 11 is 1.24. The number of ether oxygens (including phenoxy) is 2. The molecule has 1 atom stereocenters. The van der Waals surface area contributed by atoms with Gasteiger partial charge in [0.05, 0.1) is 27.6 Å². The number of fused-ring (bicyclic) bond motifs is 3. The van der Waals surface area contributed by atoms with Crippen LogP contribution in [0.15, 0.2) is 60.7 Å². The van der Waals surface area contributed by atoms with E-state index < -0.39 is 102 Å². The van der Waals surface area contributed by atoms with Crippen LogP contribution in [0.5, 0.6) is 11.5 Å². The molecule has 9 rings (SSSR count). The van der Waals surface area contributed by atoms with Crippen molar-refractivity contribution < 1.29 is 58.6 Å². The minimum absolute atomic E-state index is 0.0462. The second-order valence-electron chi connectivity index (χ2n) is 15.7. The molecule has 3 N–H and O–H groups in total. The zero-order valence-electron chi connectivity index (χ0n) is 33.7. The molecule has 2 aliphatic heterocycles. The van der Waals surface area contributed by atoms with Crippen LogP contribution >= 0.6 is 11.3 Å². The fourth-order valence-electron chi connectivity index (χ4n) is 8.36. The van der Waals surface area contributed by atoms with Gasteiger partial charge in [0.1, 0.15) is 48.6 Å². The first-order valence-electron chi connectivity index (χ1n) is 20.1. The van der Waals surface area contributed by atoms with Crippen molar-refractivity contribution in [3.63, 3.8) is 0 Å². The van der Waals surface area contributed by atoms with Crippen molar-refractivity contribution in [2.75, 3.05) is 49.2 Å². The van der Waals surface area contributed by atoms with Gasteiger partial charge in [-0.1, -0.05) is 17.4 Å². The van der Waals surface area contributed by atoms with Gasteiger partial charge >= 0.3 is 0 Å². The Kier molecular flexibility index (Phi) is 11.3. The molecule has 5 heterocycles. The van der Waals surface area contributed by atoms with Gasteiger partial charge in [-0.25, -0.2) is 35.7 Å². The number of thiazole rings is 1. The molecule has 0 bridgehead atoms. The van der Waals surface area contributed by atoms with Crippen molar-refractivity contribution in [1.29, 1.82) is 0 Å². The van der Waals surface area contributed by atoms with E-state index in [1.54, 1.807) is 6.07 Å². The number of nitrogens with zero attached hydrogens (tertiary/aromatic N) is 6. The summed E-state index contributed by atoms with van der Waals surface area (Å²) in [6, 6.07) is 11.7. The topological polar surface area (TPSA) is 141 Å². The number of nitrogens with two attached hydrogens (primary N) is 1. The Labute approximate surface area is 366 Å². The number of aromatic nitrogens is 4. The Morgan fingerprint density at radius 1 is 0.815 bits per heavy atom. The first kappa shape index (κ1) is 43.7. The summed E-state index contributed by atoms with van der Waals surface area (Å²) < 4.78 is 145. The Bertz CT molecular complexity index is 2830. The number of anilines is 2. The molecule has 0 radical (unpaired) electrons. The molecule has 3 aromatic carbocycles. The molecule has 0 saturated carbocycles. The van der Waals surface area contributed by atoms with Crippen molar-refractivity contribution in [2.24, 2.45) is 5.73 Å². The summed E-state index contributed by atoms with van der Waals surface area (Å²) in [4.78, 5) is 40.0. The van der Waals surface area contributed by atoms with Gasteiger partial charge in [0.25, 0.3) is 24.2 Å². The highest BCUT2D eigenvalue weighted by Gasteiger charge is 2.55. The molecule has 340 valence electrons. The van der Waals surface area contributed by atoms with E-state index in [1.165, 1.54) is 17.4 Å². The smallest absolute Gasteiger partial charge is 0.290 e. The van der Waals surface area contributed by atoms with E-state index in [0.29, 0.717) is 66.8 Å². The molecule has 2 amide bonds. The zero-order chi connectivity index (χ0) is 45.9. The molecule has 1 saturated heterocycles. The number of amides is 2. The van der Waals surface area contributed by atoms with E-state index in [1.807, 2.05) is 23.1 Å². The Morgan fingerprint density at radius 3 is 2.22 bits per heavy atom. The predicted molar refractivity (Wildman–Crippen MR) is 218 cm³/mol. The van der Waals surface area contributed by atoms with Crippen LogP contribution in [0.2, 0.25) is 0 Å². The molecule has 3 aromatic heterocycles. The number of pyridine rings is 1. The second-order valence-corrected chi connectivity index (χ2v) is 16.7. The highest BCUT2D eigenvalue weighted by molar-refractivity contribution is 7.22. The van der Waals surface area contributed by atoms with E-state index >= 15 is 8.78 Å². The zero-order valence-corrected chi connectivity index (χ0v) is 34.5. The van der Waals surface area contributed by atoms with Gasteiger partial charge in [-0.3, -0.25) is 14.3 Å². The summed E-state index contributed by atoms with van der Waals surface area (Å²) in [7, 11) is 0. The van der Waals surface area contributed by atoms with Crippen LogP contribution in [-0.2, 0) is 29.6 Å². The molecular weight excluding hydrogens is 896 g/mol. The maximum atomic E-state index is 15.3. The number of hydrogen-bond donors (Lipinski definition) is 2. The Morgan fingerprint density at radius 2 is 1.51 bits per heavy atom. The van der Waals surface area contributed by atoms with Crippen molar-refractivity contribution in [1.82, 2.24) is 25.1 Å². The summed E-state index contributed by atoms with van der Waals surface area (Å²) in [6.45, 7) is 1.84. The lowest BCUT2D eigenvalue weighted by Crippen LogP contribution is -2.46. The largest absolute Gasteiger partial charge is 0.486 e. The van der Waals surface area contributed by atoms with Crippen molar-refractivity contribution in [3.8, 4) is 22.6 Å². The van der Waals surface area contributed by atoms with Crippen LogP contribution < -0.4 is 30.3 Å². The number of piperazine rings is 1. The van der Waals surface area contributed by atoms with E-state index in [-0.39, 0.29) is 32.7 Å². The molecule has 3 aliphatic rings. The fraction of sp³-hybridized carbons (Fsp3) is 0.326. The van der Waals surface area contributed by atoms with Gasteiger partial charge < -0.3 is 30.3 Å². The third kappa shape index (κ3) is 8.57. The molecule has 65 heavy (non-hydrogen) atoms. The van der Waals surface area contributed by atoms with Gasteiger partial charge in [0.15, 0.2) is 22.3 Å². The maximum absolute atomic E-state index is 15.3. The minimum atomic E-state index is -4.11. The van der Waals surface area contributed by atoms with Crippen molar-refractivity contribution >= 4 is 44.3 Å². The number of alkyl halides is 6. The third-order valence-electron chi connectivity index (χ3n) is 11.4. The standard InChI is InChI=1S/C43H35F9N8O4S/c44-23-13-21(14-24(45)17-23)15-29(54-33(61)20-60-37-34(36(57-60)38(47)48)42(49,50)5-6-43(37,51)52)35-26(22-1-3-28(46)27(16-22)39(53)62)19-32-40(55-35)56-41(65-32)59-9-7-58(8-10-59)25-2-4-30-31(18-25)64-12-11-63-30/h1-4,13-14,16-19,29,38H,5-12,15,20H2,(H2,53,62)(H,54,61). The Balaban J connectivity index is 1.10. The first-order valence-corrected chi connectivity index (χ1v) is 21.0. The van der Waals surface area contributed by atoms with Crippen LogP contribution in [0.25, 0.3) is 21.5 Å². The fourth-order valence-corrected chi connectivity index (χ4v) is 9.36. The Hall–Kier alpha value is -6.58. The van der Waals surface area contributed by atoms with Crippen LogP contribution in [0.4, 0.5) is 50.3 Å². The second kappa shape index (κ2) is 16.8. The first-order chi connectivity index (χ1) is 30.9. The van der Waals surface area contributed by atoms with Gasteiger partial charge in [-0.2, -0.15) is 18.9 Å². The molecule has 12 nitrogen and oxygen atoms in total. The number of carbonyl (C=O) groups is 2. The van der Waals surface area contributed by atoms with E-state index in [0.717, 1.165) is 30.0 Å². The van der Waals surface area contributed by atoms with Crippen LogP contribution in [0, 0.1) is 17.5 Å². The quantitative estimate of drug-likeness (QED) is 0.123. The van der Waals surface area contributed by atoms with Crippen molar-refractivity contribution in [3.05, 3.63) is 112 Å². The number of benzene rings is 3. The van der Waals surface area contributed by atoms with Crippen LogP contribution in [-0.4, -0.2) is 71.0 Å². The lowest BCUT2D eigenvalue weighted by atomic mass is 9.89. The minimum Gasteiger partial charge on any atom is -0.486 e. The van der Waals surface area contributed by atoms with Gasteiger partial charge in [-0.15, -0.1) is 0 Å². The molecule has 1 aliphatic carbocycles. The average Bonchev–Trinajstić information content (AvgIpc) is 3.88. The van der Waals surface area contributed by atoms with Gasteiger partial charge in [0.2, 0.25) is 5.91 Å². The summed E-state index contributed by atoms with van der Waals surface area (Å²) in [6.07, 6.45) is -7.01. The number of nitrogens with one attached hydrogen (secondary N) is 1. The number of carbonyl (C=O) groups excluding carboxylic acids is 2. The number of primary amides is 1. The summed E-state index contributed by atoms with van der Waals surface area (Å²) in [5.41, 5.74) is 1.37.